The molecule has 0 spiro atoms. The Labute approximate surface area is 142 Å². The molecule has 1 aromatic carbocycles. The first-order valence-corrected chi connectivity index (χ1v) is 9.37. The Bertz CT molecular complexity index is 850. The molecular weight excluding hydrogens is 326 g/mol. The third kappa shape index (κ3) is 2.56. The zero-order valence-electron chi connectivity index (χ0n) is 13.1. The van der Waals surface area contributed by atoms with E-state index in [2.05, 4.69) is 11.1 Å². The molecule has 0 unspecified atom stereocenters. The maximum atomic E-state index is 13.0. The van der Waals surface area contributed by atoms with Crippen LogP contribution in [-0.2, 0) is 0 Å². The summed E-state index contributed by atoms with van der Waals surface area (Å²) >= 11 is 3.20. The Hall–Kier alpha value is -1.79. The summed E-state index contributed by atoms with van der Waals surface area (Å²) in [5.41, 5.74) is 1.86. The van der Waals surface area contributed by atoms with Crippen molar-refractivity contribution in [3.8, 4) is 0 Å². The van der Waals surface area contributed by atoms with Crippen molar-refractivity contribution in [1.82, 2.24) is 14.9 Å². The fourth-order valence-corrected chi connectivity index (χ4v) is 5.15. The van der Waals surface area contributed by atoms with Gasteiger partial charge in [0.25, 0.3) is 5.91 Å². The van der Waals surface area contributed by atoms with E-state index in [1.807, 2.05) is 36.9 Å². The minimum Gasteiger partial charge on any atom is -0.328 e. The smallest absolute Gasteiger partial charge is 0.266 e. The number of benzene rings is 1. The predicted octanol–water partition coefficient (Wildman–Crippen LogP) is 4.35. The number of nitrogens with zero attached hydrogens (tertiary/aromatic N) is 3. The van der Waals surface area contributed by atoms with Crippen molar-refractivity contribution < 1.29 is 4.79 Å². The monoisotopic (exact) mass is 343 g/mol. The summed E-state index contributed by atoms with van der Waals surface area (Å²) in [6.07, 6.45) is 2.02. The lowest BCUT2D eigenvalue weighted by molar-refractivity contribution is 0.0739. The van der Waals surface area contributed by atoms with Crippen LogP contribution < -0.4 is 0 Å². The second-order valence-electron chi connectivity index (χ2n) is 5.82. The van der Waals surface area contributed by atoms with Crippen molar-refractivity contribution in [2.24, 2.45) is 0 Å². The summed E-state index contributed by atoms with van der Waals surface area (Å²) in [5.74, 6) is 0.106. The van der Waals surface area contributed by atoms with E-state index in [0.717, 1.165) is 45.5 Å². The highest BCUT2D eigenvalue weighted by atomic mass is 32.1. The number of rotatable bonds is 2. The summed E-state index contributed by atoms with van der Waals surface area (Å²) in [6.45, 7) is 4.67. The topological polar surface area (TPSA) is 46.1 Å². The Balaban J connectivity index is 1.68. The molecule has 1 aliphatic rings. The summed E-state index contributed by atoms with van der Waals surface area (Å²) in [5, 5.41) is 2.00. The van der Waals surface area contributed by atoms with E-state index in [-0.39, 0.29) is 11.9 Å². The summed E-state index contributed by atoms with van der Waals surface area (Å²) in [7, 11) is 0. The van der Waals surface area contributed by atoms with Crippen molar-refractivity contribution >= 4 is 38.8 Å². The van der Waals surface area contributed by atoms with Crippen LogP contribution in [0.4, 0.5) is 0 Å². The molecule has 0 saturated carbocycles. The molecule has 2 aromatic heterocycles. The molecule has 4 nitrogen and oxygen atoms in total. The quantitative estimate of drug-likeness (QED) is 0.695. The lowest BCUT2D eigenvalue weighted by Gasteiger charge is -2.22. The van der Waals surface area contributed by atoms with Crippen LogP contribution >= 0.6 is 22.7 Å². The Morgan fingerprint density at radius 3 is 2.78 bits per heavy atom. The Morgan fingerprint density at radius 2 is 2.04 bits per heavy atom. The highest BCUT2D eigenvalue weighted by molar-refractivity contribution is 7.18. The van der Waals surface area contributed by atoms with Gasteiger partial charge < -0.3 is 4.90 Å². The van der Waals surface area contributed by atoms with E-state index in [0.29, 0.717) is 0 Å². The van der Waals surface area contributed by atoms with E-state index < -0.39 is 0 Å². The molecule has 3 aromatic rings. The van der Waals surface area contributed by atoms with Gasteiger partial charge in [0.2, 0.25) is 0 Å². The molecule has 4 rings (SSSR count). The van der Waals surface area contributed by atoms with Crippen LogP contribution in [0.1, 0.15) is 44.3 Å². The van der Waals surface area contributed by atoms with Crippen molar-refractivity contribution in [1.29, 1.82) is 0 Å². The van der Waals surface area contributed by atoms with Crippen molar-refractivity contribution in [3.63, 3.8) is 0 Å². The van der Waals surface area contributed by atoms with E-state index in [9.17, 15) is 4.79 Å². The molecule has 1 aliphatic heterocycles. The zero-order valence-corrected chi connectivity index (χ0v) is 14.7. The molecule has 118 valence electrons. The molecule has 1 amide bonds. The number of aromatic nitrogens is 2. The normalized spacial score (nSPS) is 18.0. The number of para-hydroxylation sites is 1. The first kappa shape index (κ1) is 14.8. The molecule has 3 heterocycles. The molecular formula is C17H17N3OS2. The number of fused-ring (bicyclic) bond motifs is 1. The third-order valence-electron chi connectivity index (χ3n) is 4.21. The summed E-state index contributed by atoms with van der Waals surface area (Å²) in [6, 6.07) is 8.27. The maximum Gasteiger partial charge on any atom is 0.266 e. The molecule has 6 heteroatoms. The highest BCUT2D eigenvalue weighted by Gasteiger charge is 2.34. The van der Waals surface area contributed by atoms with Gasteiger partial charge in [0.1, 0.15) is 9.88 Å². The average Bonchev–Trinajstić information content (AvgIpc) is 3.23. The van der Waals surface area contributed by atoms with Crippen LogP contribution in [0.15, 0.2) is 24.3 Å². The number of thiazole rings is 2. The Kier molecular flexibility index (Phi) is 3.66. The van der Waals surface area contributed by atoms with Crippen molar-refractivity contribution in [3.05, 3.63) is 44.9 Å². The second kappa shape index (κ2) is 5.69. The minimum atomic E-state index is 0.0988. The van der Waals surface area contributed by atoms with E-state index in [1.54, 1.807) is 11.3 Å². The fraction of sp³-hybridized carbons (Fsp3) is 0.353. The average molecular weight is 343 g/mol. The van der Waals surface area contributed by atoms with Gasteiger partial charge in [-0.25, -0.2) is 9.97 Å². The molecule has 0 aliphatic carbocycles. The van der Waals surface area contributed by atoms with E-state index in [1.165, 1.54) is 16.0 Å². The van der Waals surface area contributed by atoms with Gasteiger partial charge in [-0.05, 0) is 38.8 Å². The SMILES string of the molecule is Cc1nc(C)c(C(=O)N2CCC[C@H]2c2nc3ccccc3s2)s1. The van der Waals surface area contributed by atoms with Crippen LogP contribution in [0.25, 0.3) is 10.2 Å². The lowest BCUT2D eigenvalue weighted by Crippen LogP contribution is -2.30. The number of amides is 1. The minimum absolute atomic E-state index is 0.0988. The maximum absolute atomic E-state index is 13.0. The molecule has 1 saturated heterocycles. The number of carbonyl (C=O) groups excluding carboxylic acids is 1. The van der Waals surface area contributed by atoms with Crippen LogP contribution in [0, 0.1) is 13.8 Å². The van der Waals surface area contributed by atoms with Gasteiger partial charge >= 0.3 is 0 Å². The van der Waals surface area contributed by atoms with Gasteiger partial charge in [0, 0.05) is 6.54 Å². The lowest BCUT2D eigenvalue weighted by atomic mass is 10.2. The first-order chi connectivity index (χ1) is 11.1. The molecule has 1 atom stereocenters. The fourth-order valence-electron chi connectivity index (χ4n) is 3.16. The molecule has 0 radical (unpaired) electrons. The number of likely N-dealkylation sites (tertiary alicyclic amines) is 1. The first-order valence-electron chi connectivity index (χ1n) is 7.74. The molecule has 0 bridgehead atoms. The van der Waals surface area contributed by atoms with Crippen molar-refractivity contribution in [2.75, 3.05) is 6.54 Å². The van der Waals surface area contributed by atoms with Crippen LogP contribution in [-0.4, -0.2) is 27.3 Å². The highest BCUT2D eigenvalue weighted by Crippen LogP contribution is 2.38. The summed E-state index contributed by atoms with van der Waals surface area (Å²) < 4.78 is 1.19. The number of aryl methyl sites for hydroxylation is 2. The molecule has 0 N–H and O–H groups in total. The molecule has 1 fully saturated rings. The van der Waals surface area contributed by atoms with Crippen LogP contribution in [0.3, 0.4) is 0 Å². The number of hydrogen-bond acceptors (Lipinski definition) is 5. The standard InChI is InChI=1S/C17H17N3OS2/c1-10-15(22-11(2)18-10)17(21)20-9-5-7-13(20)16-19-12-6-3-4-8-14(12)23-16/h3-4,6,8,13H,5,7,9H2,1-2H3/t13-/m0/s1. The van der Waals surface area contributed by atoms with Crippen molar-refractivity contribution in [2.45, 2.75) is 32.7 Å². The van der Waals surface area contributed by atoms with Crippen LogP contribution in [0.5, 0.6) is 0 Å². The van der Waals surface area contributed by atoms with Gasteiger partial charge in [-0.3, -0.25) is 4.79 Å². The zero-order chi connectivity index (χ0) is 16.0. The second-order valence-corrected chi connectivity index (χ2v) is 8.09. The van der Waals surface area contributed by atoms with Gasteiger partial charge in [-0.15, -0.1) is 22.7 Å². The largest absolute Gasteiger partial charge is 0.328 e. The van der Waals surface area contributed by atoms with Gasteiger partial charge in [-0.1, -0.05) is 12.1 Å². The summed E-state index contributed by atoms with van der Waals surface area (Å²) in [4.78, 5) is 24.9. The Morgan fingerprint density at radius 1 is 1.22 bits per heavy atom. The van der Waals surface area contributed by atoms with E-state index >= 15 is 0 Å². The van der Waals surface area contributed by atoms with Gasteiger partial charge in [0.15, 0.2) is 0 Å². The third-order valence-corrected chi connectivity index (χ3v) is 6.41. The van der Waals surface area contributed by atoms with Gasteiger partial charge in [0.05, 0.1) is 27.0 Å². The number of carbonyl (C=O) groups is 1. The number of hydrogen-bond donors (Lipinski definition) is 0. The van der Waals surface area contributed by atoms with E-state index in [4.69, 9.17) is 4.98 Å². The predicted molar refractivity (Wildman–Crippen MR) is 94.2 cm³/mol. The van der Waals surface area contributed by atoms with Gasteiger partial charge in [-0.2, -0.15) is 0 Å². The molecule has 23 heavy (non-hydrogen) atoms. The van der Waals surface area contributed by atoms with Crippen LogP contribution in [0.2, 0.25) is 0 Å².